The van der Waals surface area contributed by atoms with E-state index in [1.807, 2.05) is 41.8 Å². The maximum absolute atomic E-state index is 13.2. The first-order valence-electron chi connectivity index (χ1n) is 8.24. The van der Waals surface area contributed by atoms with E-state index in [4.69, 9.17) is 0 Å². The Kier molecular flexibility index (Phi) is 3.55. The first kappa shape index (κ1) is 14.9. The first-order valence-corrected chi connectivity index (χ1v) is 8.24. The fraction of sp³-hybridized carbons (Fsp3) is 0.412. The van der Waals surface area contributed by atoms with Crippen molar-refractivity contribution in [1.29, 1.82) is 0 Å². The molecule has 0 aromatic carbocycles. The fourth-order valence-corrected chi connectivity index (χ4v) is 3.49. The van der Waals surface area contributed by atoms with E-state index >= 15 is 0 Å². The highest BCUT2D eigenvalue weighted by atomic mass is 16.2. The van der Waals surface area contributed by atoms with Crippen LogP contribution in [0.3, 0.4) is 0 Å². The van der Waals surface area contributed by atoms with Crippen molar-refractivity contribution < 1.29 is 4.79 Å². The highest BCUT2D eigenvalue weighted by molar-refractivity contribution is 6.06. The Morgan fingerprint density at radius 1 is 1.38 bits per heavy atom. The molecule has 1 atom stereocenters. The summed E-state index contributed by atoms with van der Waals surface area (Å²) in [4.78, 5) is 19.5. The molecule has 0 spiro atoms. The standard InChI is InChI=1S/C17H20N6O/c1-11-9-14(15-12(2)20-21-16(15)19-11)17(24)22-7-3-5-13(10-22)23-8-4-6-18-23/h4,6,8-9,13H,3,5,7,10H2,1-2H3,(H,19,20,21)/t13-/m0/s1. The summed E-state index contributed by atoms with van der Waals surface area (Å²) in [6.45, 7) is 5.27. The number of fused-ring (bicyclic) bond motifs is 1. The van der Waals surface area contributed by atoms with E-state index < -0.39 is 0 Å². The Morgan fingerprint density at radius 3 is 3.04 bits per heavy atom. The molecular formula is C17H20N6O. The van der Waals surface area contributed by atoms with E-state index in [1.54, 1.807) is 6.20 Å². The number of H-pyrrole nitrogens is 1. The molecule has 1 saturated heterocycles. The van der Waals surface area contributed by atoms with Crippen molar-refractivity contribution in [1.82, 2.24) is 29.9 Å². The molecule has 1 N–H and O–H groups in total. The molecule has 3 aromatic heterocycles. The van der Waals surface area contributed by atoms with Crippen molar-refractivity contribution in [3.05, 3.63) is 41.5 Å². The molecule has 24 heavy (non-hydrogen) atoms. The van der Waals surface area contributed by atoms with Crippen molar-refractivity contribution in [2.24, 2.45) is 0 Å². The maximum Gasteiger partial charge on any atom is 0.254 e. The van der Waals surface area contributed by atoms with Gasteiger partial charge in [0.15, 0.2) is 5.65 Å². The molecule has 1 amide bonds. The normalized spacial score (nSPS) is 18.2. The largest absolute Gasteiger partial charge is 0.336 e. The van der Waals surface area contributed by atoms with Gasteiger partial charge in [-0.15, -0.1) is 0 Å². The van der Waals surface area contributed by atoms with Crippen molar-refractivity contribution in [2.75, 3.05) is 13.1 Å². The zero-order valence-electron chi connectivity index (χ0n) is 13.9. The Bertz CT molecular complexity index is 882. The maximum atomic E-state index is 13.2. The molecule has 4 heterocycles. The lowest BCUT2D eigenvalue weighted by molar-refractivity contribution is 0.0674. The van der Waals surface area contributed by atoms with Gasteiger partial charge in [0.2, 0.25) is 0 Å². The molecular weight excluding hydrogens is 304 g/mol. The molecule has 0 unspecified atom stereocenters. The Balaban J connectivity index is 1.67. The van der Waals surface area contributed by atoms with Gasteiger partial charge in [-0.2, -0.15) is 10.2 Å². The summed E-state index contributed by atoms with van der Waals surface area (Å²) in [6.07, 6.45) is 5.77. The molecule has 0 aliphatic carbocycles. The first-order chi connectivity index (χ1) is 11.6. The van der Waals surface area contributed by atoms with Gasteiger partial charge in [0.1, 0.15) is 0 Å². The van der Waals surface area contributed by atoms with Crippen LogP contribution in [0.15, 0.2) is 24.5 Å². The molecule has 0 bridgehead atoms. The van der Waals surface area contributed by atoms with E-state index in [9.17, 15) is 4.79 Å². The monoisotopic (exact) mass is 324 g/mol. The van der Waals surface area contributed by atoms with Crippen LogP contribution < -0.4 is 0 Å². The van der Waals surface area contributed by atoms with Gasteiger partial charge in [-0.3, -0.25) is 14.6 Å². The van der Waals surface area contributed by atoms with E-state index in [0.717, 1.165) is 36.2 Å². The molecule has 1 aliphatic heterocycles. The van der Waals surface area contributed by atoms with Crippen LogP contribution in [0, 0.1) is 13.8 Å². The van der Waals surface area contributed by atoms with Gasteiger partial charge in [-0.25, -0.2) is 4.98 Å². The summed E-state index contributed by atoms with van der Waals surface area (Å²) >= 11 is 0. The number of nitrogens with zero attached hydrogens (tertiary/aromatic N) is 5. The van der Waals surface area contributed by atoms with Gasteiger partial charge in [0.25, 0.3) is 5.91 Å². The van der Waals surface area contributed by atoms with Crippen LogP contribution in [0.4, 0.5) is 0 Å². The van der Waals surface area contributed by atoms with E-state index in [1.165, 1.54) is 0 Å². The quantitative estimate of drug-likeness (QED) is 0.784. The number of likely N-dealkylation sites (tertiary alicyclic amines) is 1. The molecule has 0 radical (unpaired) electrons. The zero-order valence-corrected chi connectivity index (χ0v) is 13.9. The summed E-state index contributed by atoms with van der Waals surface area (Å²) in [7, 11) is 0. The predicted molar refractivity (Wildman–Crippen MR) is 89.8 cm³/mol. The van der Waals surface area contributed by atoms with E-state index in [-0.39, 0.29) is 11.9 Å². The molecule has 1 aliphatic rings. The lowest BCUT2D eigenvalue weighted by Crippen LogP contribution is -2.41. The van der Waals surface area contributed by atoms with Gasteiger partial charge in [0.05, 0.1) is 17.0 Å². The predicted octanol–water partition coefficient (Wildman–Crippen LogP) is 2.25. The number of aromatic amines is 1. The van der Waals surface area contributed by atoms with Gasteiger partial charge >= 0.3 is 0 Å². The Hall–Kier alpha value is -2.70. The minimum Gasteiger partial charge on any atom is -0.336 e. The number of carbonyl (C=O) groups is 1. The minimum atomic E-state index is 0.0480. The second-order valence-electron chi connectivity index (χ2n) is 6.39. The molecule has 4 rings (SSSR count). The highest BCUT2D eigenvalue weighted by Gasteiger charge is 2.27. The average molecular weight is 324 g/mol. The number of pyridine rings is 1. The van der Waals surface area contributed by atoms with Gasteiger partial charge < -0.3 is 4.90 Å². The summed E-state index contributed by atoms with van der Waals surface area (Å²) in [5, 5.41) is 12.3. The van der Waals surface area contributed by atoms with Crippen LogP contribution in [0.1, 0.15) is 40.6 Å². The molecule has 7 nitrogen and oxygen atoms in total. The van der Waals surface area contributed by atoms with Crippen molar-refractivity contribution >= 4 is 16.9 Å². The number of aromatic nitrogens is 5. The number of carbonyl (C=O) groups excluding carboxylic acids is 1. The fourth-order valence-electron chi connectivity index (χ4n) is 3.49. The summed E-state index contributed by atoms with van der Waals surface area (Å²) in [6, 6.07) is 4.03. The smallest absolute Gasteiger partial charge is 0.254 e. The van der Waals surface area contributed by atoms with Gasteiger partial charge in [0, 0.05) is 36.9 Å². The third-order valence-electron chi connectivity index (χ3n) is 4.65. The third kappa shape index (κ3) is 2.46. The third-order valence-corrected chi connectivity index (χ3v) is 4.65. The number of amides is 1. The molecule has 1 fully saturated rings. The summed E-state index contributed by atoms with van der Waals surface area (Å²) in [5.41, 5.74) is 2.97. The van der Waals surface area contributed by atoms with Crippen LogP contribution in [0.5, 0.6) is 0 Å². The number of rotatable bonds is 2. The second kappa shape index (κ2) is 5.74. The lowest BCUT2D eigenvalue weighted by Gasteiger charge is -2.33. The van der Waals surface area contributed by atoms with E-state index in [0.29, 0.717) is 17.8 Å². The number of piperidine rings is 1. The second-order valence-corrected chi connectivity index (χ2v) is 6.39. The van der Waals surface area contributed by atoms with Gasteiger partial charge in [-0.05, 0) is 38.8 Å². The van der Waals surface area contributed by atoms with Crippen molar-refractivity contribution in [2.45, 2.75) is 32.7 Å². The van der Waals surface area contributed by atoms with Crippen LogP contribution in [-0.4, -0.2) is 48.9 Å². The molecule has 3 aromatic rings. The Labute approximate surface area is 139 Å². The molecule has 124 valence electrons. The Morgan fingerprint density at radius 2 is 2.25 bits per heavy atom. The van der Waals surface area contributed by atoms with Crippen LogP contribution in [-0.2, 0) is 0 Å². The lowest BCUT2D eigenvalue weighted by atomic mass is 10.0. The summed E-state index contributed by atoms with van der Waals surface area (Å²) in [5.74, 6) is 0.0480. The highest BCUT2D eigenvalue weighted by Crippen LogP contribution is 2.26. The number of hydrogen-bond acceptors (Lipinski definition) is 4. The van der Waals surface area contributed by atoms with E-state index in [2.05, 4.69) is 20.3 Å². The van der Waals surface area contributed by atoms with Crippen molar-refractivity contribution in [3.8, 4) is 0 Å². The molecule has 0 saturated carbocycles. The number of hydrogen-bond donors (Lipinski definition) is 1. The SMILES string of the molecule is Cc1cc(C(=O)N2CCC[C@H](n3cccn3)C2)c2c(C)[nH]nc2n1. The number of nitrogens with one attached hydrogen (secondary N) is 1. The number of aryl methyl sites for hydroxylation is 2. The van der Waals surface area contributed by atoms with Crippen LogP contribution in [0.25, 0.3) is 11.0 Å². The average Bonchev–Trinajstić information content (AvgIpc) is 3.24. The van der Waals surface area contributed by atoms with Gasteiger partial charge in [-0.1, -0.05) is 0 Å². The van der Waals surface area contributed by atoms with Crippen LogP contribution in [0.2, 0.25) is 0 Å². The topological polar surface area (TPSA) is 79.7 Å². The zero-order chi connectivity index (χ0) is 16.7. The summed E-state index contributed by atoms with van der Waals surface area (Å²) < 4.78 is 1.95. The minimum absolute atomic E-state index is 0.0480. The molecule has 7 heteroatoms. The van der Waals surface area contributed by atoms with Crippen LogP contribution >= 0.6 is 0 Å². The van der Waals surface area contributed by atoms with Crippen molar-refractivity contribution in [3.63, 3.8) is 0 Å².